The van der Waals surface area contributed by atoms with Gasteiger partial charge in [-0.25, -0.2) is 9.78 Å². The van der Waals surface area contributed by atoms with E-state index in [0.29, 0.717) is 17.0 Å². The van der Waals surface area contributed by atoms with E-state index in [1.807, 2.05) is 43.3 Å². The molecule has 0 N–H and O–H groups in total. The lowest BCUT2D eigenvalue weighted by Gasteiger charge is -2.22. The molecule has 0 aliphatic heterocycles. The minimum absolute atomic E-state index is 0.0707. The summed E-state index contributed by atoms with van der Waals surface area (Å²) in [6, 6.07) is 17.5. The summed E-state index contributed by atoms with van der Waals surface area (Å²) >= 11 is 0. The van der Waals surface area contributed by atoms with E-state index in [1.54, 1.807) is 6.07 Å². The van der Waals surface area contributed by atoms with Crippen molar-refractivity contribution in [1.29, 1.82) is 0 Å². The molecular weight excluding hydrogens is 398 g/mol. The second kappa shape index (κ2) is 8.27. The first kappa shape index (κ1) is 21.8. The summed E-state index contributed by atoms with van der Waals surface area (Å²) in [5.41, 5.74) is 6.50. The molecule has 2 aromatic heterocycles. The fourth-order valence-electron chi connectivity index (χ4n) is 3.91. The maximum atomic E-state index is 13.2. The third kappa shape index (κ3) is 4.31. The van der Waals surface area contributed by atoms with Crippen molar-refractivity contribution in [2.75, 3.05) is 0 Å². The monoisotopic (exact) mass is 427 g/mol. The highest BCUT2D eigenvalue weighted by atomic mass is 16.5. The quantitative estimate of drug-likeness (QED) is 0.327. The highest BCUT2D eigenvalue weighted by Gasteiger charge is 2.19. The molecule has 2 heterocycles. The number of para-hydroxylation sites is 1. The summed E-state index contributed by atoms with van der Waals surface area (Å²) in [5, 5.41) is 0.765. The molecule has 4 heteroatoms. The summed E-state index contributed by atoms with van der Waals surface area (Å²) in [6.07, 6.45) is 0. The van der Waals surface area contributed by atoms with Crippen LogP contribution in [0.3, 0.4) is 0 Å². The summed E-state index contributed by atoms with van der Waals surface area (Å²) in [7, 11) is 0. The lowest BCUT2D eigenvalue weighted by atomic mass is 9.84. The van der Waals surface area contributed by atoms with Gasteiger partial charge in [0.05, 0.1) is 11.1 Å². The smallest absolute Gasteiger partial charge is 0.339 e. The zero-order chi connectivity index (χ0) is 23.0. The van der Waals surface area contributed by atoms with Crippen LogP contribution < -0.4 is 0 Å². The third-order valence-electron chi connectivity index (χ3n) is 5.84. The molecule has 4 aromatic rings. The number of benzene rings is 2. The summed E-state index contributed by atoms with van der Waals surface area (Å²) in [5.74, 6) is 1.06. The van der Waals surface area contributed by atoms with Crippen molar-refractivity contribution in [2.45, 2.75) is 53.6 Å². The minimum atomic E-state index is -0.369. The van der Waals surface area contributed by atoms with Gasteiger partial charge in [-0.2, -0.15) is 0 Å². The fourth-order valence-corrected chi connectivity index (χ4v) is 3.91. The summed E-state index contributed by atoms with van der Waals surface area (Å²) < 4.78 is 11.5. The zero-order valence-electron chi connectivity index (χ0n) is 19.6. The molecule has 32 heavy (non-hydrogen) atoms. The van der Waals surface area contributed by atoms with Crippen molar-refractivity contribution in [3.05, 3.63) is 88.2 Å². The lowest BCUT2D eigenvalue weighted by Crippen LogP contribution is -2.13. The molecule has 2 aromatic carbocycles. The first-order valence-corrected chi connectivity index (χ1v) is 10.9. The van der Waals surface area contributed by atoms with Crippen LogP contribution in [-0.4, -0.2) is 11.0 Å². The van der Waals surface area contributed by atoms with Crippen molar-refractivity contribution in [3.8, 4) is 11.5 Å². The molecule has 4 rings (SSSR count). The zero-order valence-corrected chi connectivity index (χ0v) is 19.6. The first-order chi connectivity index (χ1) is 15.1. The normalized spacial score (nSPS) is 11.7. The molecule has 0 saturated carbocycles. The SMILES string of the molecule is Cc1ccc(-c2cc(C(=O)OCc3c(C)cc(C(C)(C)C)cc3C)c3ccccc3n2)o1. The van der Waals surface area contributed by atoms with Crippen LogP contribution in [0.15, 0.2) is 59.0 Å². The van der Waals surface area contributed by atoms with Crippen LogP contribution >= 0.6 is 0 Å². The number of furan rings is 1. The molecule has 0 amide bonds. The van der Waals surface area contributed by atoms with Crippen molar-refractivity contribution >= 4 is 16.9 Å². The van der Waals surface area contributed by atoms with Crippen molar-refractivity contribution in [3.63, 3.8) is 0 Å². The average Bonchev–Trinajstić information content (AvgIpc) is 3.17. The number of pyridine rings is 1. The van der Waals surface area contributed by atoms with Gasteiger partial charge < -0.3 is 9.15 Å². The van der Waals surface area contributed by atoms with Gasteiger partial charge in [0.2, 0.25) is 0 Å². The van der Waals surface area contributed by atoms with E-state index in [4.69, 9.17) is 9.15 Å². The van der Waals surface area contributed by atoms with Crippen LogP contribution in [-0.2, 0) is 16.8 Å². The van der Waals surface area contributed by atoms with Gasteiger partial charge in [0, 0.05) is 5.39 Å². The van der Waals surface area contributed by atoms with Crippen LogP contribution in [0.1, 0.15) is 59.1 Å². The molecule has 164 valence electrons. The van der Waals surface area contributed by atoms with Crippen LogP contribution in [0.5, 0.6) is 0 Å². The van der Waals surface area contributed by atoms with Crippen LogP contribution in [0.4, 0.5) is 0 Å². The van der Waals surface area contributed by atoms with Crippen molar-refractivity contribution in [2.24, 2.45) is 0 Å². The highest BCUT2D eigenvalue weighted by molar-refractivity contribution is 6.04. The minimum Gasteiger partial charge on any atom is -0.460 e. The number of hydrogen-bond donors (Lipinski definition) is 0. The van der Waals surface area contributed by atoms with Gasteiger partial charge in [-0.15, -0.1) is 0 Å². The van der Waals surface area contributed by atoms with Gasteiger partial charge >= 0.3 is 5.97 Å². The van der Waals surface area contributed by atoms with Crippen molar-refractivity contribution < 1.29 is 13.9 Å². The summed E-state index contributed by atoms with van der Waals surface area (Å²) in [4.78, 5) is 17.9. The van der Waals surface area contributed by atoms with E-state index in [0.717, 1.165) is 33.4 Å². The molecule has 0 aliphatic carbocycles. The predicted octanol–water partition coefficient (Wildman–Crippen LogP) is 7.07. The molecule has 0 spiro atoms. The molecule has 0 atom stereocenters. The fraction of sp³-hybridized carbons (Fsp3) is 0.286. The Labute approximate surface area is 189 Å². The van der Waals surface area contributed by atoms with Crippen LogP contribution in [0, 0.1) is 20.8 Å². The topological polar surface area (TPSA) is 52.3 Å². The maximum Gasteiger partial charge on any atom is 0.339 e. The average molecular weight is 428 g/mol. The maximum absolute atomic E-state index is 13.2. The largest absolute Gasteiger partial charge is 0.460 e. The van der Waals surface area contributed by atoms with Crippen LogP contribution in [0.25, 0.3) is 22.4 Å². The number of nitrogens with zero attached hydrogens (tertiary/aromatic N) is 1. The van der Waals surface area contributed by atoms with E-state index >= 15 is 0 Å². The van der Waals surface area contributed by atoms with Gasteiger partial charge in [0.15, 0.2) is 5.76 Å². The second-order valence-electron chi connectivity index (χ2n) is 9.40. The first-order valence-electron chi connectivity index (χ1n) is 10.9. The number of aromatic nitrogens is 1. The van der Waals surface area contributed by atoms with Gasteiger partial charge in [0.25, 0.3) is 0 Å². The molecule has 0 bridgehead atoms. The molecule has 0 unspecified atom stereocenters. The Balaban J connectivity index is 1.66. The molecule has 0 fully saturated rings. The number of carbonyl (C=O) groups is 1. The molecule has 4 nitrogen and oxygen atoms in total. The molecule has 0 saturated heterocycles. The number of hydrogen-bond acceptors (Lipinski definition) is 4. The van der Waals surface area contributed by atoms with Gasteiger partial charge in [-0.1, -0.05) is 51.1 Å². The Morgan fingerprint density at radius 2 is 1.66 bits per heavy atom. The Bertz CT molecular complexity index is 1280. The molecule has 0 aliphatic rings. The molecule has 0 radical (unpaired) electrons. The third-order valence-corrected chi connectivity index (χ3v) is 5.84. The number of ether oxygens (including phenoxy) is 1. The van der Waals surface area contributed by atoms with E-state index in [9.17, 15) is 4.79 Å². The Hall–Kier alpha value is -3.40. The Morgan fingerprint density at radius 1 is 0.969 bits per heavy atom. The van der Waals surface area contributed by atoms with Crippen LogP contribution in [0.2, 0.25) is 0 Å². The Morgan fingerprint density at radius 3 is 2.28 bits per heavy atom. The number of carbonyl (C=O) groups excluding carboxylic acids is 1. The highest BCUT2D eigenvalue weighted by Crippen LogP contribution is 2.29. The van der Waals surface area contributed by atoms with E-state index < -0.39 is 0 Å². The van der Waals surface area contributed by atoms with Crippen molar-refractivity contribution in [1.82, 2.24) is 4.98 Å². The Kier molecular flexibility index (Phi) is 5.64. The standard InChI is InChI=1S/C28H29NO3/c1-17-13-20(28(4,5)6)14-18(2)23(17)16-31-27(30)22-15-25(26-12-11-19(3)32-26)29-24-10-8-7-9-21(22)24/h7-15H,16H2,1-6H3. The molecular formula is C28H29NO3. The number of aryl methyl sites for hydroxylation is 3. The lowest BCUT2D eigenvalue weighted by molar-refractivity contribution is 0.0474. The second-order valence-corrected chi connectivity index (χ2v) is 9.40. The van der Waals surface area contributed by atoms with E-state index in [2.05, 4.69) is 51.7 Å². The van der Waals surface area contributed by atoms with Gasteiger partial charge in [-0.3, -0.25) is 0 Å². The predicted molar refractivity (Wildman–Crippen MR) is 128 cm³/mol. The van der Waals surface area contributed by atoms with Gasteiger partial charge in [0.1, 0.15) is 18.1 Å². The van der Waals surface area contributed by atoms with E-state index in [1.165, 1.54) is 5.56 Å². The number of rotatable bonds is 4. The number of fused-ring (bicyclic) bond motifs is 1. The summed E-state index contributed by atoms with van der Waals surface area (Å²) in [6.45, 7) is 12.9. The number of esters is 1. The van der Waals surface area contributed by atoms with Gasteiger partial charge in [-0.05, 0) is 72.7 Å². The van der Waals surface area contributed by atoms with E-state index in [-0.39, 0.29) is 18.0 Å².